The van der Waals surface area contributed by atoms with Crippen molar-refractivity contribution in [3.8, 4) is 0 Å². The molecule has 0 bridgehead atoms. The summed E-state index contributed by atoms with van der Waals surface area (Å²) in [5, 5.41) is 23.3. The number of hydrogen-bond acceptors (Lipinski definition) is 5. The summed E-state index contributed by atoms with van der Waals surface area (Å²) in [5.41, 5.74) is 0. The van der Waals surface area contributed by atoms with E-state index in [1.54, 1.807) is 6.08 Å². The first-order chi connectivity index (χ1) is 39.0. The molecule has 6 nitrogen and oxygen atoms in total. The molecule has 0 aliphatic rings. The zero-order valence-corrected chi connectivity index (χ0v) is 53.4. The van der Waals surface area contributed by atoms with Crippen LogP contribution >= 0.6 is 0 Å². The number of aliphatic hydroxyl groups excluding tert-OH is 2. The Labute approximate surface area is 494 Å². The average molecular weight is 1110 g/mol. The largest absolute Gasteiger partial charge is 0.466 e. The van der Waals surface area contributed by atoms with Crippen LogP contribution in [-0.2, 0) is 14.3 Å². The summed E-state index contributed by atoms with van der Waals surface area (Å²) in [5.74, 6) is -0.0702. The van der Waals surface area contributed by atoms with Crippen LogP contribution in [0.25, 0.3) is 0 Å². The lowest BCUT2D eigenvalue weighted by atomic mass is 10.0. The minimum absolute atomic E-state index is 0.00355. The van der Waals surface area contributed by atoms with E-state index in [1.165, 1.54) is 315 Å². The smallest absolute Gasteiger partial charge is 0.305 e. The van der Waals surface area contributed by atoms with E-state index >= 15 is 0 Å². The molecular formula is C73H139NO5. The van der Waals surface area contributed by atoms with Gasteiger partial charge in [-0.25, -0.2) is 0 Å². The predicted octanol–water partition coefficient (Wildman–Crippen LogP) is 23.1. The number of rotatable bonds is 67. The highest BCUT2D eigenvalue weighted by atomic mass is 16.5. The summed E-state index contributed by atoms with van der Waals surface area (Å²) in [6.07, 6.45) is 87.9. The number of carbonyl (C=O) groups excluding carboxylic acids is 2. The molecule has 0 aliphatic carbocycles. The predicted molar refractivity (Wildman–Crippen MR) is 347 cm³/mol. The lowest BCUT2D eigenvalue weighted by Crippen LogP contribution is -2.45. The normalized spacial score (nSPS) is 12.7. The molecule has 79 heavy (non-hydrogen) atoms. The average Bonchev–Trinajstić information content (AvgIpc) is 3.45. The molecule has 0 radical (unpaired) electrons. The maximum atomic E-state index is 12.5. The van der Waals surface area contributed by atoms with E-state index in [0.29, 0.717) is 19.4 Å². The fourth-order valence-electron chi connectivity index (χ4n) is 11.2. The van der Waals surface area contributed by atoms with E-state index < -0.39 is 12.1 Å². The molecule has 0 heterocycles. The van der Waals surface area contributed by atoms with Crippen molar-refractivity contribution in [2.24, 2.45) is 0 Å². The third-order valence-electron chi connectivity index (χ3n) is 16.6. The van der Waals surface area contributed by atoms with E-state index in [1.807, 2.05) is 6.08 Å². The minimum atomic E-state index is -0.853. The minimum Gasteiger partial charge on any atom is -0.466 e. The zero-order valence-electron chi connectivity index (χ0n) is 53.4. The number of allylic oxidation sites excluding steroid dienone is 5. The van der Waals surface area contributed by atoms with Crippen molar-refractivity contribution in [2.45, 2.75) is 405 Å². The zero-order chi connectivity index (χ0) is 57.1. The molecule has 0 rings (SSSR count). The Bertz CT molecular complexity index is 1280. The molecule has 0 aliphatic heterocycles. The van der Waals surface area contributed by atoms with Gasteiger partial charge in [-0.1, -0.05) is 333 Å². The van der Waals surface area contributed by atoms with E-state index in [9.17, 15) is 19.8 Å². The van der Waals surface area contributed by atoms with E-state index in [-0.39, 0.29) is 18.5 Å². The first-order valence-corrected chi connectivity index (χ1v) is 35.8. The number of esters is 1. The van der Waals surface area contributed by atoms with Crippen LogP contribution in [0.1, 0.15) is 393 Å². The Morgan fingerprint density at radius 1 is 0.342 bits per heavy atom. The van der Waals surface area contributed by atoms with Gasteiger partial charge in [0.05, 0.1) is 25.4 Å². The second-order valence-corrected chi connectivity index (χ2v) is 24.6. The summed E-state index contributed by atoms with van der Waals surface area (Å²) in [4.78, 5) is 24.6. The summed E-state index contributed by atoms with van der Waals surface area (Å²) in [6.45, 7) is 4.92. The molecule has 2 unspecified atom stereocenters. The molecule has 0 aromatic heterocycles. The molecule has 0 saturated carbocycles. The van der Waals surface area contributed by atoms with Gasteiger partial charge in [0.15, 0.2) is 0 Å². The molecule has 0 aromatic rings. The van der Waals surface area contributed by atoms with Gasteiger partial charge in [-0.2, -0.15) is 0 Å². The monoisotopic (exact) mass is 1110 g/mol. The SMILES string of the molecule is CCCCCCCC/C=C\CCCCCCCCCCCC(=O)OCCCCCCCCCC/C=C\CCCCCCCCCC(=O)NC(CO)C(O)/C=C/CCCCCCCCCCCCCCCCCCCCCCCC. The van der Waals surface area contributed by atoms with Crippen molar-refractivity contribution in [1.29, 1.82) is 0 Å². The third kappa shape index (κ3) is 65.1. The summed E-state index contributed by atoms with van der Waals surface area (Å²) < 4.78 is 5.50. The van der Waals surface area contributed by atoms with Crippen molar-refractivity contribution >= 4 is 11.9 Å². The van der Waals surface area contributed by atoms with Crippen molar-refractivity contribution in [3.63, 3.8) is 0 Å². The standard InChI is InChI=1S/C73H139NO5/c1-3-5-7-9-11-13-15-17-19-21-23-24-25-26-27-30-33-37-41-45-49-53-57-61-65-71(76)70(69-75)74-72(77)66-62-58-54-50-46-42-38-34-31-28-32-36-40-44-48-52-56-60-64-68-79-73(78)67-63-59-55-51-47-43-39-35-29-22-20-18-16-14-12-10-8-6-4-2/h18,20,28,31,61,65,70-71,75-76H,3-17,19,21-27,29-30,32-60,62-64,66-69H2,1-2H3,(H,74,77)/b20-18-,31-28-,65-61+. The summed E-state index contributed by atoms with van der Waals surface area (Å²) in [6, 6.07) is -0.637. The quantitative estimate of drug-likeness (QED) is 0.0320. The van der Waals surface area contributed by atoms with Crippen molar-refractivity contribution < 1.29 is 24.5 Å². The third-order valence-corrected chi connectivity index (χ3v) is 16.6. The number of unbranched alkanes of at least 4 members (excludes halogenated alkanes) is 52. The van der Waals surface area contributed by atoms with Gasteiger partial charge in [0.25, 0.3) is 0 Å². The molecule has 0 saturated heterocycles. The van der Waals surface area contributed by atoms with Gasteiger partial charge in [-0.15, -0.1) is 0 Å². The summed E-state index contributed by atoms with van der Waals surface area (Å²) in [7, 11) is 0. The highest BCUT2D eigenvalue weighted by Gasteiger charge is 2.18. The number of aliphatic hydroxyl groups is 2. The molecule has 466 valence electrons. The molecule has 2 atom stereocenters. The Hall–Kier alpha value is -1.92. The van der Waals surface area contributed by atoms with Crippen LogP contribution in [0, 0.1) is 0 Å². The van der Waals surface area contributed by atoms with Gasteiger partial charge < -0.3 is 20.3 Å². The maximum absolute atomic E-state index is 12.5. The van der Waals surface area contributed by atoms with Gasteiger partial charge >= 0.3 is 5.97 Å². The first-order valence-electron chi connectivity index (χ1n) is 35.8. The van der Waals surface area contributed by atoms with Crippen LogP contribution in [-0.4, -0.2) is 47.4 Å². The van der Waals surface area contributed by atoms with Crippen LogP contribution < -0.4 is 5.32 Å². The van der Waals surface area contributed by atoms with Crippen molar-refractivity contribution in [2.75, 3.05) is 13.2 Å². The number of hydrogen-bond donors (Lipinski definition) is 3. The van der Waals surface area contributed by atoms with E-state index in [2.05, 4.69) is 43.5 Å². The number of nitrogens with one attached hydrogen (secondary N) is 1. The Morgan fingerprint density at radius 2 is 0.595 bits per heavy atom. The van der Waals surface area contributed by atoms with Crippen LogP contribution in [0.2, 0.25) is 0 Å². The van der Waals surface area contributed by atoms with Crippen LogP contribution in [0.15, 0.2) is 36.5 Å². The van der Waals surface area contributed by atoms with Crippen molar-refractivity contribution in [3.05, 3.63) is 36.5 Å². The molecule has 6 heteroatoms. The highest BCUT2D eigenvalue weighted by Crippen LogP contribution is 2.18. The Kier molecular flexibility index (Phi) is 66.9. The first kappa shape index (κ1) is 77.1. The lowest BCUT2D eigenvalue weighted by Gasteiger charge is -2.20. The lowest BCUT2D eigenvalue weighted by molar-refractivity contribution is -0.143. The van der Waals surface area contributed by atoms with E-state index in [0.717, 1.165) is 51.4 Å². The molecule has 3 N–H and O–H groups in total. The second-order valence-electron chi connectivity index (χ2n) is 24.6. The number of amides is 1. The Morgan fingerprint density at radius 3 is 0.899 bits per heavy atom. The maximum Gasteiger partial charge on any atom is 0.305 e. The summed E-state index contributed by atoms with van der Waals surface area (Å²) >= 11 is 0. The van der Waals surface area contributed by atoms with Gasteiger partial charge in [-0.05, 0) is 83.5 Å². The highest BCUT2D eigenvalue weighted by molar-refractivity contribution is 5.76. The van der Waals surface area contributed by atoms with Crippen LogP contribution in [0.3, 0.4) is 0 Å². The van der Waals surface area contributed by atoms with Gasteiger partial charge in [-0.3, -0.25) is 9.59 Å². The molecule has 0 aromatic carbocycles. The fraction of sp³-hybridized carbons (Fsp3) is 0.890. The fourth-order valence-corrected chi connectivity index (χ4v) is 11.2. The molecule has 1 amide bonds. The van der Waals surface area contributed by atoms with Crippen LogP contribution in [0.4, 0.5) is 0 Å². The Balaban J connectivity index is 3.45. The molecule has 0 spiro atoms. The second kappa shape index (κ2) is 68.6. The van der Waals surface area contributed by atoms with Crippen molar-refractivity contribution in [1.82, 2.24) is 5.32 Å². The van der Waals surface area contributed by atoms with Gasteiger partial charge in [0, 0.05) is 12.8 Å². The van der Waals surface area contributed by atoms with Gasteiger partial charge in [0.1, 0.15) is 0 Å². The topological polar surface area (TPSA) is 95.9 Å². The number of ether oxygens (including phenoxy) is 1. The molecular weight excluding hydrogens is 971 g/mol. The number of carbonyl (C=O) groups is 2. The van der Waals surface area contributed by atoms with E-state index in [4.69, 9.17) is 4.74 Å². The van der Waals surface area contributed by atoms with Crippen LogP contribution in [0.5, 0.6) is 0 Å². The van der Waals surface area contributed by atoms with Gasteiger partial charge in [0.2, 0.25) is 5.91 Å². The molecule has 0 fully saturated rings.